The largest absolute Gasteiger partial charge is 0.494 e. The highest BCUT2D eigenvalue weighted by atomic mass is 16.5. The van der Waals surface area contributed by atoms with E-state index in [1.807, 2.05) is 56.3 Å². The van der Waals surface area contributed by atoms with Gasteiger partial charge in [0, 0.05) is 31.0 Å². The molecular formula is C26H27N3O3. The van der Waals surface area contributed by atoms with Crippen LogP contribution in [0.4, 0.5) is 11.4 Å². The number of anilines is 2. The van der Waals surface area contributed by atoms with Gasteiger partial charge in [0.2, 0.25) is 0 Å². The number of ether oxygens (including phenoxy) is 1. The Hall–Kier alpha value is -4.06. The molecule has 2 N–H and O–H groups in total. The second-order valence-electron chi connectivity index (χ2n) is 7.28. The lowest BCUT2D eigenvalue weighted by Gasteiger charge is -2.13. The summed E-state index contributed by atoms with van der Waals surface area (Å²) in [6.07, 6.45) is 1.66. The zero-order valence-electron chi connectivity index (χ0n) is 18.5. The number of amides is 2. The monoisotopic (exact) mass is 429 g/mol. The maximum atomic E-state index is 13.0. The predicted molar refractivity (Wildman–Crippen MR) is 129 cm³/mol. The third-order valence-electron chi connectivity index (χ3n) is 4.67. The van der Waals surface area contributed by atoms with Crippen LogP contribution in [0.5, 0.6) is 5.75 Å². The first-order valence-electron chi connectivity index (χ1n) is 10.4. The number of rotatable bonds is 8. The van der Waals surface area contributed by atoms with Gasteiger partial charge in [0.25, 0.3) is 11.8 Å². The molecule has 2 amide bonds. The molecule has 0 radical (unpaired) electrons. The average molecular weight is 430 g/mol. The van der Waals surface area contributed by atoms with Gasteiger partial charge in [-0.1, -0.05) is 30.3 Å². The lowest BCUT2D eigenvalue weighted by atomic mass is 10.1. The smallest absolute Gasteiger partial charge is 0.272 e. The van der Waals surface area contributed by atoms with Crippen molar-refractivity contribution in [3.63, 3.8) is 0 Å². The minimum atomic E-state index is -0.421. The predicted octanol–water partition coefficient (Wildman–Crippen LogP) is 4.56. The van der Waals surface area contributed by atoms with E-state index >= 15 is 0 Å². The van der Waals surface area contributed by atoms with Crippen molar-refractivity contribution in [1.82, 2.24) is 5.32 Å². The Balaban J connectivity index is 1.84. The molecule has 0 aliphatic rings. The molecule has 0 aliphatic carbocycles. The van der Waals surface area contributed by atoms with Crippen molar-refractivity contribution < 1.29 is 14.3 Å². The number of carbonyl (C=O) groups excluding carboxylic acids is 2. The van der Waals surface area contributed by atoms with E-state index < -0.39 is 5.91 Å². The first kappa shape index (κ1) is 22.6. The average Bonchev–Trinajstić information content (AvgIpc) is 2.81. The Morgan fingerprint density at radius 3 is 2.16 bits per heavy atom. The van der Waals surface area contributed by atoms with E-state index in [4.69, 9.17) is 4.74 Å². The third-order valence-corrected chi connectivity index (χ3v) is 4.67. The van der Waals surface area contributed by atoms with E-state index in [0.717, 1.165) is 17.0 Å². The van der Waals surface area contributed by atoms with Crippen LogP contribution in [0.25, 0.3) is 6.08 Å². The molecule has 3 aromatic rings. The number of nitrogens with zero attached hydrogens (tertiary/aromatic N) is 1. The van der Waals surface area contributed by atoms with Gasteiger partial charge in [0.1, 0.15) is 11.4 Å². The minimum absolute atomic E-state index is 0.144. The summed E-state index contributed by atoms with van der Waals surface area (Å²) >= 11 is 0. The maximum absolute atomic E-state index is 13.0. The lowest BCUT2D eigenvalue weighted by molar-refractivity contribution is -0.113. The molecule has 0 aliphatic heterocycles. The molecule has 6 heteroatoms. The summed E-state index contributed by atoms with van der Waals surface area (Å²) in [6, 6.07) is 23.6. The molecule has 0 spiro atoms. The molecule has 3 aromatic carbocycles. The molecular weight excluding hydrogens is 402 g/mol. The van der Waals surface area contributed by atoms with Gasteiger partial charge in [-0.15, -0.1) is 0 Å². The summed E-state index contributed by atoms with van der Waals surface area (Å²) < 4.78 is 5.44. The topological polar surface area (TPSA) is 70.7 Å². The van der Waals surface area contributed by atoms with Crippen molar-refractivity contribution in [3.8, 4) is 5.75 Å². The van der Waals surface area contributed by atoms with E-state index in [9.17, 15) is 9.59 Å². The molecule has 0 fully saturated rings. The Morgan fingerprint density at radius 2 is 1.56 bits per heavy atom. The van der Waals surface area contributed by atoms with E-state index in [1.54, 1.807) is 54.6 Å². The van der Waals surface area contributed by atoms with Crippen molar-refractivity contribution in [1.29, 1.82) is 0 Å². The third kappa shape index (κ3) is 6.22. The number of hydrogen-bond acceptors (Lipinski definition) is 4. The normalized spacial score (nSPS) is 10.9. The zero-order valence-corrected chi connectivity index (χ0v) is 18.5. The highest BCUT2D eigenvalue weighted by Gasteiger charge is 2.15. The molecule has 32 heavy (non-hydrogen) atoms. The number of carbonyl (C=O) groups is 2. The van der Waals surface area contributed by atoms with Gasteiger partial charge >= 0.3 is 0 Å². The molecule has 0 heterocycles. The number of nitrogens with one attached hydrogen (secondary N) is 2. The molecule has 0 bridgehead atoms. The lowest BCUT2D eigenvalue weighted by Crippen LogP contribution is -2.30. The van der Waals surface area contributed by atoms with Crippen LogP contribution < -0.4 is 20.3 Å². The van der Waals surface area contributed by atoms with E-state index in [0.29, 0.717) is 17.9 Å². The zero-order chi connectivity index (χ0) is 22.9. The van der Waals surface area contributed by atoms with Gasteiger partial charge in [-0.2, -0.15) is 0 Å². The van der Waals surface area contributed by atoms with Crippen molar-refractivity contribution in [2.45, 2.75) is 6.92 Å². The van der Waals surface area contributed by atoms with E-state index in [2.05, 4.69) is 10.6 Å². The molecule has 0 unspecified atom stereocenters. The summed E-state index contributed by atoms with van der Waals surface area (Å²) in [5.41, 5.74) is 3.04. The molecule has 0 aromatic heterocycles. The highest BCUT2D eigenvalue weighted by molar-refractivity contribution is 6.10. The van der Waals surface area contributed by atoms with Crippen LogP contribution in [0, 0.1) is 0 Å². The highest BCUT2D eigenvalue weighted by Crippen LogP contribution is 2.18. The fourth-order valence-electron chi connectivity index (χ4n) is 2.98. The first-order valence-corrected chi connectivity index (χ1v) is 10.4. The van der Waals surface area contributed by atoms with Crippen LogP contribution >= 0.6 is 0 Å². The maximum Gasteiger partial charge on any atom is 0.272 e. The first-order chi connectivity index (χ1) is 15.5. The second-order valence-corrected chi connectivity index (χ2v) is 7.28. The van der Waals surface area contributed by atoms with Crippen molar-refractivity contribution in [2.75, 3.05) is 30.9 Å². The van der Waals surface area contributed by atoms with Crippen LogP contribution in [0.3, 0.4) is 0 Å². The van der Waals surface area contributed by atoms with Gasteiger partial charge in [-0.3, -0.25) is 9.59 Å². The van der Waals surface area contributed by atoms with Crippen molar-refractivity contribution in [3.05, 3.63) is 95.7 Å². The van der Waals surface area contributed by atoms with Crippen LogP contribution in [-0.4, -0.2) is 32.5 Å². The van der Waals surface area contributed by atoms with E-state index in [-0.39, 0.29) is 11.6 Å². The van der Waals surface area contributed by atoms with Crippen LogP contribution in [-0.2, 0) is 4.79 Å². The molecule has 6 nitrogen and oxygen atoms in total. The van der Waals surface area contributed by atoms with Crippen molar-refractivity contribution >= 4 is 29.3 Å². The fraction of sp³-hybridized carbons (Fsp3) is 0.154. The van der Waals surface area contributed by atoms with Gasteiger partial charge in [-0.25, -0.2) is 0 Å². The number of benzene rings is 3. The Labute approximate surface area is 188 Å². The van der Waals surface area contributed by atoms with Crippen LogP contribution in [0.15, 0.2) is 84.6 Å². The summed E-state index contributed by atoms with van der Waals surface area (Å²) in [5, 5.41) is 5.58. The minimum Gasteiger partial charge on any atom is -0.494 e. The molecule has 164 valence electrons. The van der Waals surface area contributed by atoms with Crippen molar-refractivity contribution in [2.24, 2.45) is 0 Å². The Morgan fingerprint density at radius 1 is 0.906 bits per heavy atom. The van der Waals surface area contributed by atoms with Gasteiger partial charge < -0.3 is 20.3 Å². The molecule has 0 saturated heterocycles. The van der Waals surface area contributed by atoms with Gasteiger partial charge in [-0.05, 0) is 67.1 Å². The van der Waals surface area contributed by atoms with Gasteiger partial charge in [0.05, 0.1) is 6.61 Å². The molecule has 0 atom stereocenters. The summed E-state index contributed by atoms with van der Waals surface area (Å²) in [6.45, 7) is 2.48. The second kappa shape index (κ2) is 10.8. The van der Waals surface area contributed by atoms with Crippen LogP contribution in [0.2, 0.25) is 0 Å². The Kier molecular flexibility index (Phi) is 7.65. The van der Waals surface area contributed by atoms with E-state index in [1.165, 1.54) is 0 Å². The van der Waals surface area contributed by atoms with Gasteiger partial charge in [0.15, 0.2) is 0 Å². The Bertz CT molecular complexity index is 1070. The summed E-state index contributed by atoms with van der Waals surface area (Å²) in [5.74, 6) is -0.0571. The fourth-order valence-corrected chi connectivity index (χ4v) is 2.98. The molecule has 3 rings (SSSR count). The standard InChI is InChI=1S/C26H27N3O3/c1-4-32-23-16-12-21(13-17-23)27-26(31)24(28-25(30)20-8-6-5-7-9-20)18-19-10-14-22(15-11-19)29(2)3/h5-18H,4H2,1-3H3,(H,27,31)(H,28,30)/b24-18+. The SMILES string of the molecule is CCOc1ccc(NC(=O)/C(=C\c2ccc(N(C)C)cc2)NC(=O)c2ccccc2)cc1. The molecule has 0 saturated carbocycles. The van der Waals surface area contributed by atoms with Crippen LogP contribution in [0.1, 0.15) is 22.8 Å². The summed E-state index contributed by atoms with van der Waals surface area (Å²) in [4.78, 5) is 27.7. The quantitative estimate of drug-likeness (QED) is 0.515. The number of hydrogen-bond donors (Lipinski definition) is 2. The summed E-state index contributed by atoms with van der Waals surface area (Å²) in [7, 11) is 3.92.